The van der Waals surface area contributed by atoms with Gasteiger partial charge >= 0.3 is 0 Å². The van der Waals surface area contributed by atoms with Crippen molar-refractivity contribution in [1.82, 2.24) is 15.3 Å². The number of para-hydroxylation sites is 1. The molecule has 1 aromatic heterocycles. The predicted octanol–water partition coefficient (Wildman–Crippen LogP) is 9.38. The molecule has 6 rings (SSSR count). The number of fused-ring (bicyclic) bond motifs is 1. The summed E-state index contributed by atoms with van der Waals surface area (Å²) >= 11 is 8.07. The first kappa shape index (κ1) is 35.0. The molecule has 8 heteroatoms. The van der Waals surface area contributed by atoms with Crippen molar-refractivity contribution >= 4 is 46.0 Å². The van der Waals surface area contributed by atoms with Crippen LogP contribution in [-0.4, -0.2) is 53.6 Å². The third-order valence-electron chi connectivity index (χ3n) is 10.3. The highest BCUT2D eigenvalue weighted by atomic mass is 35.5. The number of benzene rings is 3. The molecule has 3 aromatic carbocycles. The molecule has 2 aliphatic rings. The van der Waals surface area contributed by atoms with E-state index in [-0.39, 0.29) is 0 Å². The van der Waals surface area contributed by atoms with Crippen LogP contribution in [0.3, 0.4) is 0 Å². The number of nitrogens with one attached hydrogen (secondary N) is 2. The first-order chi connectivity index (χ1) is 23.4. The molecular weight excluding hydrogens is 634 g/mol. The van der Waals surface area contributed by atoms with Crippen molar-refractivity contribution in [2.24, 2.45) is 5.92 Å². The van der Waals surface area contributed by atoms with Crippen molar-refractivity contribution in [3.8, 4) is 0 Å². The summed E-state index contributed by atoms with van der Waals surface area (Å²) in [7, 11) is 4.07. The molecule has 0 spiro atoms. The molecule has 0 radical (unpaired) electrons. The third kappa shape index (κ3) is 9.65. The Bertz CT molecular complexity index is 1570. The average molecular weight is 686 g/mol. The van der Waals surface area contributed by atoms with Crippen LogP contribution < -0.4 is 15.5 Å². The Morgan fingerprint density at radius 2 is 1.60 bits per heavy atom. The van der Waals surface area contributed by atoms with Gasteiger partial charge in [-0.15, -0.1) is 0 Å². The van der Waals surface area contributed by atoms with Crippen molar-refractivity contribution < 1.29 is 5.11 Å². The van der Waals surface area contributed by atoms with Crippen molar-refractivity contribution in [3.05, 3.63) is 94.5 Å². The fourth-order valence-electron chi connectivity index (χ4n) is 7.42. The summed E-state index contributed by atoms with van der Waals surface area (Å²) < 4.78 is 0. The smallest absolute Gasteiger partial charge is 0.225 e. The molecule has 2 atom stereocenters. The summed E-state index contributed by atoms with van der Waals surface area (Å²) in [5, 5.41) is 20.9. The van der Waals surface area contributed by atoms with Crippen molar-refractivity contribution in [2.75, 3.05) is 37.4 Å². The minimum atomic E-state index is -0.471. The zero-order valence-electron chi connectivity index (χ0n) is 28.6. The highest BCUT2D eigenvalue weighted by molar-refractivity contribution is 7.99. The second-order valence-corrected chi connectivity index (χ2v) is 15.8. The van der Waals surface area contributed by atoms with Crippen molar-refractivity contribution in [3.63, 3.8) is 0 Å². The van der Waals surface area contributed by atoms with Gasteiger partial charge in [-0.2, -0.15) is 16.7 Å². The SMILES string of the molecule is CN(C)c1nc(NC2CCC(CNCC(CC(O)c3ccc(C4CCCCC4)cc3)SCc3ccc(Cl)cc3)CC2)nc2ccccc12. The van der Waals surface area contributed by atoms with Crippen LogP contribution in [0.2, 0.25) is 5.02 Å². The van der Waals surface area contributed by atoms with Gasteiger partial charge in [-0.3, -0.25) is 0 Å². The Balaban J connectivity index is 1.00. The predicted molar refractivity (Wildman–Crippen MR) is 204 cm³/mol. The molecule has 0 bridgehead atoms. The lowest BCUT2D eigenvalue weighted by atomic mass is 9.83. The Morgan fingerprint density at radius 3 is 2.33 bits per heavy atom. The number of hydrogen-bond acceptors (Lipinski definition) is 7. The maximum atomic E-state index is 11.4. The lowest BCUT2D eigenvalue weighted by Gasteiger charge is -2.30. The van der Waals surface area contributed by atoms with E-state index >= 15 is 0 Å². The molecule has 48 heavy (non-hydrogen) atoms. The number of thioether (sulfide) groups is 1. The van der Waals surface area contributed by atoms with Crippen LogP contribution in [0, 0.1) is 5.92 Å². The van der Waals surface area contributed by atoms with Gasteiger partial charge in [0.05, 0.1) is 11.6 Å². The Hall–Kier alpha value is -2.84. The van der Waals surface area contributed by atoms with Gasteiger partial charge in [0, 0.05) is 48.1 Å². The second-order valence-electron chi connectivity index (χ2n) is 14.1. The van der Waals surface area contributed by atoms with Gasteiger partial charge in [-0.1, -0.05) is 79.4 Å². The van der Waals surface area contributed by atoms with Crippen LogP contribution in [0.5, 0.6) is 0 Å². The lowest BCUT2D eigenvalue weighted by molar-refractivity contribution is 0.166. The van der Waals surface area contributed by atoms with Crippen LogP contribution in [0.25, 0.3) is 10.9 Å². The molecule has 2 unspecified atom stereocenters. The summed E-state index contributed by atoms with van der Waals surface area (Å²) in [6, 6.07) is 25.6. The van der Waals surface area contributed by atoms with Gasteiger partial charge < -0.3 is 20.6 Å². The highest BCUT2D eigenvalue weighted by Gasteiger charge is 2.24. The summed E-state index contributed by atoms with van der Waals surface area (Å²) in [5.41, 5.74) is 4.71. The van der Waals surface area contributed by atoms with Gasteiger partial charge in [0.15, 0.2) is 0 Å². The third-order valence-corrected chi connectivity index (χ3v) is 11.9. The Labute approximate surface area is 296 Å². The number of aromatic nitrogens is 2. The van der Waals surface area contributed by atoms with Gasteiger partial charge in [0.1, 0.15) is 5.82 Å². The van der Waals surface area contributed by atoms with Gasteiger partial charge in [0.25, 0.3) is 0 Å². The van der Waals surface area contributed by atoms with Crippen LogP contribution in [0.4, 0.5) is 11.8 Å². The largest absolute Gasteiger partial charge is 0.388 e. The van der Waals surface area contributed by atoms with Crippen LogP contribution in [0.1, 0.15) is 92.9 Å². The fraction of sp³-hybridized carbons (Fsp3) is 0.500. The molecule has 0 aliphatic heterocycles. The van der Waals surface area contributed by atoms with E-state index in [1.807, 2.05) is 50.1 Å². The molecule has 2 fully saturated rings. The summed E-state index contributed by atoms with van der Waals surface area (Å²) in [4.78, 5) is 11.7. The monoisotopic (exact) mass is 685 g/mol. The maximum Gasteiger partial charge on any atom is 0.225 e. The zero-order valence-corrected chi connectivity index (χ0v) is 30.2. The molecule has 4 aromatic rings. The molecule has 3 N–H and O–H groups in total. The standard InChI is InChI=1S/C40H52ClN5OS/c1-46(2)39-36-10-6-7-11-37(36)44-40(45-39)43-34-22-14-28(15-23-34)25-42-26-35(48-27-29-12-20-33(41)21-13-29)24-38(47)32-18-16-31(17-19-32)30-8-4-3-5-9-30/h6-7,10-13,16-21,28,30,34-35,38,42,47H,3-5,8-9,14-15,22-27H2,1-2H3,(H,43,44,45). The van der Waals surface area contributed by atoms with E-state index < -0.39 is 6.10 Å². The van der Waals surface area contributed by atoms with Crippen molar-refractivity contribution in [2.45, 2.75) is 93.3 Å². The van der Waals surface area contributed by atoms with Crippen LogP contribution in [0.15, 0.2) is 72.8 Å². The summed E-state index contributed by atoms with van der Waals surface area (Å²) in [5.74, 6) is 3.91. The summed E-state index contributed by atoms with van der Waals surface area (Å²) in [6.45, 7) is 1.89. The first-order valence-corrected chi connectivity index (χ1v) is 19.4. The number of aliphatic hydroxyl groups is 1. The molecule has 256 valence electrons. The quantitative estimate of drug-likeness (QED) is 0.122. The van der Waals surface area contributed by atoms with Gasteiger partial charge in [-0.05, 0) is 104 Å². The molecule has 1 heterocycles. The number of hydrogen-bond donors (Lipinski definition) is 3. The van der Waals surface area contributed by atoms with E-state index in [1.165, 1.54) is 56.1 Å². The molecular formula is C40H52ClN5OS. The second kappa shape index (κ2) is 17.2. The number of anilines is 2. The number of rotatable bonds is 14. The molecule has 2 aliphatic carbocycles. The van der Waals surface area contributed by atoms with E-state index in [0.717, 1.165) is 71.4 Å². The lowest BCUT2D eigenvalue weighted by Crippen LogP contribution is -2.34. The van der Waals surface area contributed by atoms with E-state index in [4.69, 9.17) is 21.6 Å². The van der Waals surface area contributed by atoms with Gasteiger partial charge in [-0.25, -0.2) is 4.98 Å². The normalized spacial score (nSPS) is 20.0. The van der Waals surface area contributed by atoms with E-state index in [9.17, 15) is 5.11 Å². The molecule has 2 saturated carbocycles. The minimum Gasteiger partial charge on any atom is -0.388 e. The molecule has 6 nitrogen and oxygen atoms in total. The first-order valence-electron chi connectivity index (χ1n) is 18.0. The maximum absolute atomic E-state index is 11.4. The highest BCUT2D eigenvalue weighted by Crippen LogP contribution is 2.34. The van der Waals surface area contributed by atoms with E-state index in [0.29, 0.717) is 23.1 Å². The van der Waals surface area contributed by atoms with Crippen LogP contribution in [-0.2, 0) is 5.75 Å². The Morgan fingerprint density at radius 1 is 0.875 bits per heavy atom. The molecule has 0 saturated heterocycles. The zero-order chi connectivity index (χ0) is 33.3. The minimum absolute atomic E-state index is 0.294. The molecule has 0 amide bonds. The van der Waals surface area contributed by atoms with E-state index in [1.54, 1.807) is 0 Å². The number of halogens is 1. The van der Waals surface area contributed by atoms with Gasteiger partial charge in [0.2, 0.25) is 5.95 Å². The van der Waals surface area contributed by atoms with E-state index in [2.05, 4.69) is 64.1 Å². The summed E-state index contributed by atoms with van der Waals surface area (Å²) in [6.07, 6.45) is 11.5. The number of aliphatic hydroxyl groups excluding tert-OH is 1. The van der Waals surface area contributed by atoms with Crippen molar-refractivity contribution in [1.29, 1.82) is 0 Å². The Kier molecular flexibility index (Phi) is 12.5. The average Bonchev–Trinajstić information content (AvgIpc) is 3.12. The topological polar surface area (TPSA) is 73.3 Å². The number of nitrogens with zero attached hydrogens (tertiary/aromatic N) is 3. The van der Waals surface area contributed by atoms with Crippen LogP contribution >= 0.6 is 23.4 Å². The fourth-order valence-corrected chi connectivity index (χ4v) is 8.72.